The maximum absolute atomic E-state index is 11.0. The average molecular weight is 221 g/mol. The molecule has 0 radical (unpaired) electrons. The van der Waals surface area contributed by atoms with Gasteiger partial charge in [-0.15, -0.1) is 0 Å². The van der Waals surface area contributed by atoms with Crippen LogP contribution in [0.15, 0.2) is 0 Å². The summed E-state index contributed by atoms with van der Waals surface area (Å²) in [5.41, 5.74) is 0. The van der Waals surface area contributed by atoms with Crippen LogP contribution < -0.4 is 5.32 Å². The van der Waals surface area contributed by atoms with E-state index < -0.39 is 30.3 Å². The molecule has 0 aliphatic rings. The Bertz CT molecular complexity index is 242. The molecular weight excluding hydrogens is 210 g/mol. The molecule has 1 atom stereocenters. The number of thioether (sulfide) groups is 1. The highest BCUT2D eigenvalue weighted by Crippen LogP contribution is 1.95. The molecule has 0 rings (SSSR count). The van der Waals surface area contributed by atoms with Gasteiger partial charge in [-0.1, -0.05) is 0 Å². The lowest BCUT2D eigenvalue weighted by Crippen LogP contribution is -2.42. The molecule has 0 spiro atoms. The van der Waals surface area contributed by atoms with Gasteiger partial charge < -0.3 is 15.5 Å². The van der Waals surface area contributed by atoms with Crippen LogP contribution in [0.5, 0.6) is 0 Å². The number of hydrogen-bond donors (Lipinski definition) is 3. The molecule has 0 saturated carbocycles. The van der Waals surface area contributed by atoms with Gasteiger partial charge in [0.2, 0.25) is 5.91 Å². The van der Waals surface area contributed by atoms with E-state index in [0.29, 0.717) is 0 Å². The number of carbonyl (C=O) groups is 3. The van der Waals surface area contributed by atoms with Gasteiger partial charge in [0.05, 0.1) is 12.2 Å². The lowest BCUT2D eigenvalue weighted by Gasteiger charge is -2.11. The molecular formula is C7H11NO5S. The molecule has 3 N–H and O–H groups in total. The van der Waals surface area contributed by atoms with E-state index in [9.17, 15) is 14.4 Å². The maximum Gasteiger partial charge on any atom is 0.326 e. The van der Waals surface area contributed by atoms with Crippen molar-refractivity contribution < 1.29 is 24.6 Å². The lowest BCUT2D eigenvalue weighted by atomic mass is 10.2. The molecule has 14 heavy (non-hydrogen) atoms. The summed E-state index contributed by atoms with van der Waals surface area (Å²) in [5, 5.41) is 19.0. The number of carbonyl (C=O) groups excluding carboxylic acids is 1. The van der Waals surface area contributed by atoms with Crippen molar-refractivity contribution in [2.24, 2.45) is 0 Å². The van der Waals surface area contributed by atoms with Crippen molar-refractivity contribution in [2.75, 3.05) is 12.0 Å². The van der Waals surface area contributed by atoms with Gasteiger partial charge in [-0.25, -0.2) is 4.79 Å². The van der Waals surface area contributed by atoms with E-state index in [4.69, 9.17) is 10.2 Å². The molecule has 0 aromatic rings. The van der Waals surface area contributed by atoms with Gasteiger partial charge >= 0.3 is 11.9 Å². The molecule has 1 unspecified atom stereocenters. The molecule has 7 heteroatoms. The van der Waals surface area contributed by atoms with Gasteiger partial charge in [0.15, 0.2) is 0 Å². The summed E-state index contributed by atoms with van der Waals surface area (Å²) in [4.78, 5) is 31.7. The third kappa shape index (κ3) is 5.41. The van der Waals surface area contributed by atoms with Crippen molar-refractivity contribution in [3.8, 4) is 0 Å². The lowest BCUT2D eigenvalue weighted by molar-refractivity contribution is -0.147. The number of hydrogen-bond acceptors (Lipinski definition) is 4. The van der Waals surface area contributed by atoms with E-state index in [1.807, 2.05) is 0 Å². The molecule has 0 aliphatic carbocycles. The van der Waals surface area contributed by atoms with E-state index in [0.717, 1.165) is 0 Å². The second-order valence-electron chi connectivity index (χ2n) is 2.49. The number of carboxylic acids is 2. The average Bonchev–Trinajstić information content (AvgIpc) is 2.02. The Morgan fingerprint density at radius 3 is 2.29 bits per heavy atom. The van der Waals surface area contributed by atoms with Crippen LogP contribution in [0.3, 0.4) is 0 Å². The van der Waals surface area contributed by atoms with Crippen molar-refractivity contribution in [3.63, 3.8) is 0 Å². The van der Waals surface area contributed by atoms with Crippen LogP contribution in [0.1, 0.15) is 6.42 Å². The van der Waals surface area contributed by atoms with Gasteiger partial charge in [-0.2, -0.15) is 11.8 Å². The largest absolute Gasteiger partial charge is 0.481 e. The summed E-state index contributed by atoms with van der Waals surface area (Å²) in [6.07, 6.45) is 1.07. The van der Waals surface area contributed by atoms with E-state index in [2.05, 4.69) is 5.32 Å². The molecule has 0 heterocycles. The van der Waals surface area contributed by atoms with Crippen molar-refractivity contribution in [3.05, 3.63) is 0 Å². The molecule has 0 fully saturated rings. The second-order valence-corrected chi connectivity index (χ2v) is 3.36. The Kier molecular flexibility index (Phi) is 5.70. The fourth-order valence-electron chi connectivity index (χ4n) is 0.742. The zero-order chi connectivity index (χ0) is 11.1. The third-order valence-corrected chi connectivity index (χ3v) is 1.84. The number of amides is 1. The van der Waals surface area contributed by atoms with E-state index in [1.165, 1.54) is 11.8 Å². The summed E-state index contributed by atoms with van der Waals surface area (Å²) in [6.45, 7) is 0. The molecule has 0 aromatic heterocycles. The Morgan fingerprint density at radius 2 is 1.93 bits per heavy atom. The number of rotatable bonds is 6. The van der Waals surface area contributed by atoms with Crippen molar-refractivity contribution in [1.82, 2.24) is 5.32 Å². The first-order chi connectivity index (χ1) is 6.47. The van der Waals surface area contributed by atoms with Crippen LogP contribution in [0, 0.1) is 0 Å². The monoisotopic (exact) mass is 221 g/mol. The third-order valence-electron chi connectivity index (χ3n) is 1.29. The number of carboxylic acid groups (broad SMARTS) is 2. The highest BCUT2D eigenvalue weighted by molar-refractivity contribution is 7.99. The first kappa shape index (κ1) is 12.8. The van der Waals surface area contributed by atoms with E-state index >= 15 is 0 Å². The fourth-order valence-corrected chi connectivity index (χ4v) is 1.09. The standard InChI is InChI=1S/C7H11NO5S/c1-14-3-5(9)8-4(7(12)13)2-6(10)11/h4H,2-3H2,1H3,(H,8,9)(H,10,11)(H,12,13). The zero-order valence-electron chi connectivity index (χ0n) is 7.52. The molecule has 0 aliphatic heterocycles. The molecule has 1 amide bonds. The molecule has 80 valence electrons. The minimum Gasteiger partial charge on any atom is -0.481 e. The van der Waals surface area contributed by atoms with Crippen molar-refractivity contribution in [2.45, 2.75) is 12.5 Å². The smallest absolute Gasteiger partial charge is 0.326 e. The molecule has 0 saturated heterocycles. The summed E-state index contributed by atoms with van der Waals surface area (Å²) >= 11 is 1.23. The Balaban J connectivity index is 4.16. The summed E-state index contributed by atoms with van der Waals surface area (Å²) < 4.78 is 0. The van der Waals surface area contributed by atoms with Crippen LogP contribution in [0.4, 0.5) is 0 Å². The normalized spacial score (nSPS) is 11.8. The fraction of sp³-hybridized carbons (Fsp3) is 0.571. The first-order valence-electron chi connectivity index (χ1n) is 3.70. The number of aliphatic carboxylic acids is 2. The molecule has 0 bridgehead atoms. The molecule has 0 aromatic carbocycles. The van der Waals surface area contributed by atoms with E-state index in [-0.39, 0.29) is 5.75 Å². The van der Waals surface area contributed by atoms with Gasteiger partial charge in [0.25, 0.3) is 0 Å². The Hall–Kier alpha value is -1.24. The Morgan fingerprint density at radius 1 is 1.36 bits per heavy atom. The first-order valence-corrected chi connectivity index (χ1v) is 5.09. The van der Waals surface area contributed by atoms with Crippen LogP contribution in [0.2, 0.25) is 0 Å². The highest BCUT2D eigenvalue weighted by Gasteiger charge is 2.22. The SMILES string of the molecule is CSCC(=O)NC(CC(=O)O)C(=O)O. The van der Waals surface area contributed by atoms with Gasteiger partial charge in [-0.3, -0.25) is 9.59 Å². The van der Waals surface area contributed by atoms with Gasteiger partial charge in [0.1, 0.15) is 6.04 Å². The van der Waals surface area contributed by atoms with Crippen LogP contribution in [-0.4, -0.2) is 46.1 Å². The summed E-state index contributed by atoms with van der Waals surface area (Å²) in [5.74, 6) is -2.97. The predicted molar refractivity (Wildman–Crippen MR) is 50.2 cm³/mol. The van der Waals surface area contributed by atoms with Gasteiger partial charge in [0, 0.05) is 0 Å². The molecule has 6 nitrogen and oxygen atoms in total. The highest BCUT2D eigenvalue weighted by atomic mass is 32.2. The quantitative estimate of drug-likeness (QED) is 0.553. The van der Waals surface area contributed by atoms with Gasteiger partial charge in [-0.05, 0) is 6.26 Å². The second kappa shape index (κ2) is 6.25. The summed E-state index contributed by atoms with van der Waals surface area (Å²) in [6, 6.07) is -1.35. The number of nitrogens with one attached hydrogen (secondary N) is 1. The van der Waals surface area contributed by atoms with Crippen molar-refractivity contribution in [1.29, 1.82) is 0 Å². The van der Waals surface area contributed by atoms with Crippen LogP contribution in [-0.2, 0) is 14.4 Å². The topological polar surface area (TPSA) is 104 Å². The minimum absolute atomic E-state index is 0.114. The van der Waals surface area contributed by atoms with E-state index in [1.54, 1.807) is 6.26 Å². The van der Waals surface area contributed by atoms with Crippen LogP contribution in [0.25, 0.3) is 0 Å². The zero-order valence-corrected chi connectivity index (χ0v) is 8.34. The minimum atomic E-state index is -1.35. The Labute approximate surface area is 84.7 Å². The maximum atomic E-state index is 11.0. The predicted octanol–water partition coefficient (Wildman–Crippen LogP) is -0.606. The summed E-state index contributed by atoms with van der Waals surface area (Å²) in [7, 11) is 0. The van der Waals surface area contributed by atoms with Crippen LogP contribution >= 0.6 is 11.8 Å². The van der Waals surface area contributed by atoms with Crippen molar-refractivity contribution >= 4 is 29.6 Å².